The summed E-state index contributed by atoms with van der Waals surface area (Å²) in [5.41, 5.74) is 3.70. The highest BCUT2D eigenvalue weighted by Crippen LogP contribution is 2.34. The second-order valence-electron chi connectivity index (χ2n) is 7.92. The maximum Gasteiger partial charge on any atom is 0.269 e. The molecular formula is C21H25N7O3. The van der Waals surface area contributed by atoms with E-state index in [0.29, 0.717) is 31.1 Å². The molecule has 1 amide bonds. The van der Waals surface area contributed by atoms with E-state index in [4.69, 9.17) is 4.74 Å². The number of carbonyl (C=O) groups excluding carboxylic acids is 1. The molecule has 0 spiro atoms. The van der Waals surface area contributed by atoms with Gasteiger partial charge in [-0.05, 0) is 18.6 Å². The van der Waals surface area contributed by atoms with E-state index in [1.165, 1.54) is 0 Å². The van der Waals surface area contributed by atoms with Crippen LogP contribution in [0.4, 0.5) is 5.69 Å². The van der Waals surface area contributed by atoms with Crippen LogP contribution in [0.25, 0.3) is 5.65 Å². The molecule has 0 aliphatic carbocycles. The van der Waals surface area contributed by atoms with Gasteiger partial charge in [0.2, 0.25) is 5.88 Å². The number of nitrogens with zero attached hydrogens (tertiary/aromatic N) is 5. The van der Waals surface area contributed by atoms with Crippen molar-refractivity contribution < 1.29 is 9.53 Å². The number of carbonyl (C=O) groups is 1. The quantitative estimate of drug-likeness (QED) is 0.626. The van der Waals surface area contributed by atoms with Crippen molar-refractivity contribution in [1.29, 1.82) is 0 Å². The molecule has 1 saturated heterocycles. The predicted molar refractivity (Wildman–Crippen MR) is 115 cm³/mol. The van der Waals surface area contributed by atoms with E-state index >= 15 is 0 Å². The topological polar surface area (TPSA) is 108 Å². The van der Waals surface area contributed by atoms with E-state index in [-0.39, 0.29) is 17.5 Å². The van der Waals surface area contributed by atoms with E-state index in [1.807, 2.05) is 25.4 Å². The molecule has 162 valence electrons. The molecule has 2 aliphatic heterocycles. The summed E-state index contributed by atoms with van der Waals surface area (Å²) >= 11 is 0. The Morgan fingerprint density at radius 2 is 2.19 bits per heavy atom. The number of hydrogen-bond donors (Lipinski definition) is 2. The molecule has 0 aromatic carbocycles. The average molecular weight is 423 g/mol. The third-order valence-corrected chi connectivity index (χ3v) is 6.04. The Kier molecular flexibility index (Phi) is 4.85. The van der Waals surface area contributed by atoms with Gasteiger partial charge >= 0.3 is 0 Å². The number of pyridine rings is 1. The van der Waals surface area contributed by atoms with Crippen LogP contribution in [0.15, 0.2) is 29.3 Å². The number of hydrogen-bond acceptors (Lipinski definition) is 7. The first kappa shape index (κ1) is 19.6. The lowest BCUT2D eigenvalue weighted by molar-refractivity contribution is 0.0956. The SMILES string of the molecule is CCc1cn2ncc(CN3CCN4c5ccc(C(=O)NC)nc5OCC4C3)c2[nH]c1=O. The molecule has 10 nitrogen and oxygen atoms in total. The van der Waals surface area contributed by atoms with Crippen LogP contribution in [-0.4, -0.2) is 69.7 Å². The van der Waals surface area contributed by atoms with E-state index in [1.54, 1.807) is 17.6 Å². The molecule has 10 heteroatoms. The van der Waals surface area contributed by atoms with Crippen LogP contribution in [0.1, 0.15) is 28.5 Å². The molecule has 2 N–H and O–H groups in total. The van der Waals surface area contributed by atoms with Crippen LogP contribution >= 0.6 is 0 Å². The van der Waals surface area contributed by atoms with Gasteiger partial charge in [-0.2, -0.15) is 5.10 Å². The molecule has 3 aromatic heterocycles. The molecule has 5 heterocycles. The molecule has 1 atom stereocenters. The second-order valence-corrected chi connectivity index (χ2v) is 7.92. The van der Waals surface area contributed by atoms with Gasteiger partial charge in [-0.25, -0.2) is 9.50 Å². The minimum atomic E-state index is -0.226. The van der Waals surface area contributed by atoms with E-state index in [9.17, 15) is 9.59 Å². The van der Waals surface area contributed by atoms with Crippen molar-refractivity contribution in [2.45, 2.75) is 25.9 Å². The zero-order valence-electron chi connectivity index (χ0n) is 17.6. The van der Waals surface area contributed by atoms with Crippen LogP contribution in [0.3, 0.4) is 0 Å². The van der Waals surface area contributed by atoms with Gasteiger partial charge in [-0.3, -0.25) is 14.5 Å². The van der Waals surface area contributed by atoms with Crippen LogP contribution < -0.4 is 20.5 Å². The van der Waals surface area contributed by atoms with Crippen LogP contribution in [0.2, 0.25) is 0 Å². The maximum atomic E-state index is 12.2. The first-order valence-corrected chi connectivity index (χ1v) is 10.5. The van der Waals surface area contributed by atoms with Crippen molar-refractivity contribution in [1.82, 2.24) is 29.8 Å². The summed E-state index contributed by atoms with van der Waals surface area (Å²) in [5.74, 6) is 0.286. The van der Waals surface area contributed by atoms with Gasteiger partial charge in [0.25, 0.3) is 11.5 Å². The van der Waals surface area contributed by atoms with Gasteiger partial charge in [0.15, 0.2) is 0 Å². The highest BCUT2D eigenvalue weighted by atomic mass is 16.5. The standard InChI is InChI=1S/C21H25N7O3/c1-3-13-10-28-18(25-19(13)29)14(8-23-28)9-26-6-7-27-15(11-26)12-31-21-17(27)5-4-16(24-21)20(30)22-2/h4-5,8,10,15H,3,6-7,9,11-12H2,1-2H3,(H,22,30)(H,25,29). The number of aromatic amines is 1. The number of amides is 1. The summed E-state index contributed by atoms with van der Waals surface area (Å²) in [6.07, 6.45) is 4.31. The maximum absolute atomic E-state index is 12.2. The molecule has 3 aromatic rings. The number of aryl methyl sites for hydroxylation is 1. The number of anilines is 1. The molecule has 1 unspecified atom stereocenters. The summed E-state index contributed by atoms with van der Waals surface area (Å²) < 4.78 is 7.65. The fourth-order valence-electron chi connectivity index (χ4n) is 4.35. The molecular weight excluding hydrogens is 398 g/mol. The predicted octanol–water partition coefficient (Wildman–Crippen LogP) is 0.423. The zero-order valence-corrected chi connectivity index (χ0v) is 17.6. The fourth-order valence-corrected chi connectivity index (χ4v) is 4.35. The number of H-pyrrole nitrogens is 1. The summed E-state index contributed by atoms with van der Waals surface area (Å²) in [6, 6.07) is 3.84. The molecule has 0 bridgehead atoms. The molecule has 1 fully saturated rings. The summed E-state index contributed by atoms with van der Waals surface area (Å²) in [6.45, 7) is 5.69. The second kappa shape index (κ2) is 7.69. The minimum Gasteiger partial charge on any atom is -0.474 e. The fraction of sp³-hybridized carbons (Fsp3) is 0.429. The Hall–Kier alpha value is -3.40. The monoisotopic (exact) mass is 423 g/mol. The molecule has 0 radical (unpaired) electrons. The zero-order chi connectivity index (χ0) is 21.5. The Morgan fingerprint density at radius 1 is 1.32 bits per heavy atom. The first-order chi connectivity index (χ1) is 15.1. The van der Waals surface area contributed by atoms with Gasteiger partial charge < -0.3 is 19.9 Å². The molecule has 31 heavy (non-hydrogen) atoms. The number of piperazine rings is 1. The lowest BCUT2D eigenvalue weighted by atomic mass is 10.1. The Balaban J connectivity index is 1.32. The normalized spacial score (nSPS) is 18.4. The largest absolute Gasteiger partial charge is 0.474 e. The van der Waals surface area contributed by atoms with Gasteiger partial charge in [-0.15, -0.1) is 0 Å². The Bertz CT molecular complexity index is 1200. The van der Waals surface area contributed by atoms with E-state index in [0.717, 1.165) is 42.1 Å². The van der Waals surface area contributed by atoms with Gasteiger partial charge in [-0.1, -0.05) is 6.92 Å². The molecule has 0 saturated carbocycles. The van der Waals surface area contributed by atoms with E-state index in [2.05, 4.69) is 30.2 Å². The number of rotatable bonds is 4. The van der Waals surface area contributed by atoms with Crippen molar-refractivity contribution in [2.24, 2.45) is 0 Å². The lowest BCUT2D eigenvalue weighted by Gasteiger charge is -2.45. The number of nitrogens with one attached hydrogen (secondary N) is 2. The molecule has 2 aliphatic rings. The van der Waals surface area contributed by atoms with Crippen LogP contribution in [0.5, 0.6) is 5.88 Å². The van der Waals surface area contributed by atoms with Gasteiger partial charge in [0.1, 0.15) is 23.6 Å². The van der Waals surface area contributed by atoms with Crippen molar-refractivity contribution in [3.63, 3.8) is 0 Å². The third-order valence-electron chi connectivity index (χ3n) is 6.04. The smallest absolute Gasteiger partial charge is 0.269 e. The minimum absolute atomic E-state index is 0.0533. The van der Waals surface area contributed by atoms with Crippen LogP contribution in [0, 0.1) is 0 Å². The number of ether oxygens (including phenoxy) is 1. The third kappa shape index (κ3) is 3.42. The Morgan fingerprint density at radius 3 is 3.00 bits per heavy atom. The van der Waals surface area contributed by atoms with Crippen LogP contribution in [-0.2, 0) is 13.0 Å². The summed E-state index contributed by atoms with van der Waals surface area (Å²) in [5, 5.41) is 7.01. The lowest BCUT2D eigenvalue weighted by Crippen LogP contribution is -2.57. The van der Waals surface area contributed by atoms with Crippen molar-refractivity contribution in [3.8, 4) is 5.88 Å². The summed E-state index contributed by atoms with van der Waals surface area (Å²) in [7, 11) is 1.59. The summed E-state index contributed by atoms with van der Waals surface area (Å²) in [4.78, 5) is 36.1. The van der Waals surface area contributed by atoms with Crippen molar-refractivity contribution in [3.05, 3.63) is 51.7 Å². The van der Waals surface area contributed by atoms with Gasteiger partial charge in [0.05, 0.1) is 12.2 Å². The van der Waals surface area contributed by atoms with Gasteiger partial charge in [0, 0.05) is 50.6 Å². The van der Waals surface area contributed by atoms with Crippen molar-refractivity contribution in [2.75, 3.05) is 38.2 Å². The molecule has 5 rings (SSSR count). The van der Waals surface area contributed by atoms with E-state index < -0.39 is 0 Å². The number of aromatic nitrogens is 4. The highest BCUT2D eigenvalue weighted by molar-refractivity contribution is 5.92. The Labute approximate surface area is 178 Å². The highest BCUT2D eigenvalue weighted by Gasteiger charge is 2.34. The number of fused-ring (bicyclic) bond motifs is 4. The first-order valence-electron chi connectivity index (χ1n) is 10.5. The average Bonchev–Trinajstić information content (AvgIpc) is 3.18. The van der Waals surface area contributed by atoms with Crippen molar-refractivity contribution >= 4 is 17.2 Å².